The Morgan fingerprint density at radius 1 is 1.27 bits per heavy atom. The van der Waals surface area contributed by atoms with Crippen LogP contribution in [0.1, 0.15) is 20.8 Å². The van der Waals surface area contributed by atoms with E-state index in [1.54, 1.807) is 6.20 Å². The van der Waals surface area contributed by atoms with Gasteiger partial charge in [-0.05, 0) is 0 Å². The van der Waals surface area contributed by atoms with Gasteiger partial charge < -0.3 is 0 Å². The average Bonchev–Trinajstić information content (AvgIpc) is 2.10. The second-order valence-electron chi connectivity index (χ2n) is 3.37. The first-order valence-corrected chi connectivity index (χ1v) is 3.49. The highest BCUT2D eigenvalue weighted by Crippen LogP contribution is 2.26. The first-order valence-electron chi connectivity index (χ1n) is 3.49. The molecule has 1 rings (SSSR count). The van der Waals surface area contributed by atoms with Gasteiger partial charge in [0.15, 0.2) is 0 Å². The maximum Gasteiger partial charge on any atom is 0.111 e. The summed E-state index contributed by atoms with van der Waals surface area (Å²) in [5.41, 5.74) is 0.916. The molecule has 0 fully saturated rings. The SMILES string of the molecule is CC(C)(C)C1=CN=NC=C=N1. The highest BCUT2D eigenvalue weighted by Gasteiger charge is 2.16. The molecule has 0 amide bonds. The van der Waals surface area contributed by atoms with Gasteiger partial charge in [-0.15, -0.1) is 5.11 Å². The van der Waals surface area contributed by atoms with Gasteiger partial charge in [0.2, 0.25) is 0 Å². The molecule has 1 aliphatic rings. The van der Waals surface area contributed by atoms with Crippen molar-refractivity contribution >= 4 is 5.87 Å². The van der Waals surface area contributed by atoms with Crippen molar-refractivity contribution in [2.24, 2.45) is 20.6 Å². The summed E-state index contributed by atoms with van der Waals surface area (Å²) in [6.45, 7) is 6.22. The highest BCUT2D eigenvalue weighted by molar-refractivity contribution is 5.53. The lowest BCUT2D eigenvalue weighted by Crippen LogP contribution is -2.06. The Bertz CT molecular complexity index is 260. The van der Waals surface area contributed by atoms with E-state index in [4.69, 9.17) is 0 Å². The van der Waals surface area contributed by atoms with Crippen molar-refractivity contribution < 1.29 is 0 Å². The summed E-state index contributed by atoms with van der Waals surface area (Å²) in [4.78, 5) is 4.06. The lowest BCUT2D eigenvalue weighted by molar-refractivity contribution is 0.497. The molecular formula is C8H11N3. The van der Waals surface area contributed by atoms with Gasteiger partial charge in [-0.2, -0.15) is 5.11 Å². The van der Waals surface area contributed by atoms with Gasteiger partial charge in [0.25, 0.3) is 0 Å². The third-order valence-corrected chi connectivity index (χ3v) is 1.32. The van der Waals surface area contributed by atoms with Crippen LogP contribution in [0.15, 0.2) is 33.3 Å². The van der Waals surface area contributed by atoms with Gasteiger partial charge in [0.05, 0.1) is 11.9 Å². The molecule has 0 bridgehead atoms. The zero-order valence-corrected chi connectivity index (χ0v) is 7.00. The van der Waals surface area contributed by atoms with Crippen LogP contribution in [0.3, 0.4) is 0 Å². The predicted octanol–water partition coefficient (Wildman–Crippen LogP) is 2.52. The zero-order valence-electron chi connectivity index (χ0n) is 7.00. The number of hydrogen-bond donors (Lipinski definition) is 0. The molecule has 1 aliphatic heterocycles. The van der Waals surface area contributed by atoms with Gasteiger partial charge >= 0.3 is 0 Å². The molecule has 0 aromatic heterocycles. The van der Waals surface area contributed by atoms with Crippen molar-refractivity contribution in [1.29, 1.82) is 0 Å². The minimum absolute atomic E-state index is 0.0181. The van der Waals surface area contributed by atoms with E-state index in [1.165, 1.54) is 6.20 Å². The Hall–Kier alpha value is -1.21. The molecule has 0 aromatic rings. The van der Waals surface area contributed by atoms with Crippen LogP contribution in [0.25, 0.3) is 0 Å². The summed E-state index contributed by atoms with van der Waals surface area (Å²) in [5.74, 6) is 2.68. The van der Waals surface area contributed by atoms with E-state index in [2.05, 4.69) is 41.9 Å². The third kappa shape index (κ3) is 2.13. The summed E-state index contributed by atoms with van der Waals surface area (Å²) in [6, 6.07) is 0. The van der Waals surface area contributed by atoms with Gasteiger partial charge in [-0.25, -0.2) is 4.99 Å². The van der Waals surface area contributed by atoms with E-state index >= 15 is 0 Å². The van der Waals surface area contributed by atoms with Crippen LogP contribution in [0, 0.1) is 5.41 Å². The zero-order chi connectivity index (χ0) is 8.32. The van der Waals surface area contributed by atoms with E-state index in [1.807, 2.05) is 0 Å². The van der Waals surface area contributed by atoms with Gasteiger partial charge in [-0.3, -0.25) is 0 Å². The molecule has 0 aromatic carbocycles. The van der Waals surface area contributed by atoms with Gasteiger partial charge in [0.1, 0.15) is 6.20 Å². The molecule has 0 saturated heterocycles. The fourth-order valence-corrected chi connectivity index (χ4v) is 0.636. The molecular weight excluding hydrogens is 138 g/mol. The molecule has 0 N–H and O–H groups in total. The van der Waals surface area contributed by atoms with Crippen LogP contribution in [-0.2, 0) is 0 Å². The number of rotatable bonds is 0. The minimum Gasteiger partial charge on any atom is -0.207 e. The second-order valence-corrected chi connectivity index (χ2v) is 3.37. The lowest BCUT2D eigenvalue weighted by Gasteiger charge is -2.16. The third-order valence-electron chi connectivity index (χ3n) is 1.32. The molecule has 58 valence electrons. The van der Waals surface area contributed by atoms with Crippen LogP contribution in [0.4, 0.5) is 0 Å². The molecule has 3 heteroatoms. The Balaban J connectivity index is 2.97. The van der Waals surface area contributed by atoms with E-state index in [0.717, 1.165) is 5.70 Å². The molecule has 0 aliphatic carbocycles. The highest BCUT2D eigenvalue weighted by atomic mass is 15.1. The Kier molecular flexibility index (Phi) is 2.01. The number of aliphatic imine (C=N–C) groups is 1. The first kappa shape index (κ1) is 7.89. The van der Waals surface area contributed by atoms with Gasteiger partial charge in [-0.1, -0.05) is 20.8 Å². The summed E-state index contributed by atoms with van der Waals surface area (Å²) in [6.07, 6.45) is 3.12. The van der Waals surface area contributed by atoms with Crippen LogP contribution >= 0.6 is 0 Å². The Labute approximate surface area is 66.3 Å². The molecule has 0 spiro atoms. The summed E-state index contributed by atoms with van der Waals surface area (Å²) < 4.78 is 0. The lowest BCUT2D eigenvalue weighted by atomic mass is 9.93. The molecule has 1 heterocycles. The van der Waals surface area contributed by atoms with Crippen LogP contribution in [-0.4, -0.2) is 5.87 Å². The normalized spacial score (nSPS) is 16.5. The maximum atomic E-state index is 4.06. The van der Waals surface area contributed by atoms with E-state index in [-0.39, 0.29) is 5.41 Å². The molecule has 11 heavy (non-hydrogen) atoms. The number of hydrogen-bond acceptors (Lipinski definition) is 3. The van der Waals surface area contributed by atoms with E-state index in [0.29, 0.717) is 0 Å². The maximum absolute atomic E-state index is 4.06. The molecule has 0 saturated carbocycles. The van der Waals surface area contributed by atoms with Gasteiger partial charge in [0, 0.05) is 11.3 Å². The summed E-state index contributed by atoms with van der Waals surface area (Å²) in [5, 5.41) is 7.42. The van der Waals surface area contributed by atoms with E-state index < -0.39 is 0 Å². The average molecular weight is 149 g/mol. The number of azo groups is 1. The van der Waals surface area contributed by atoms with Crippen molar-refractivity contribution in [3.63, 3.8) is 0 Å². The number of allylic oxidation sites excluding steroid dienone is 1. The topological polar surface area (TPSA) is 37.1 Å². The van der Waals surface area contributed by atoms with Crippen LogP contribution in [0.2, 0.25) is 0 Å². The quantitative estimate of drug-likeness (QED) is 0.507. The number of nitrogens with zero attached hydrogens (tertiary/aromatic N) is 3. The molecule has 0 radical (unpaired) electrons. The Morgan fingerprint density at radius 3 is 2.64 bits per heavy atom. The van der Waals surface area contributed by atoms with Crippen molar-refractivity contribution in [2.75, 3.05) is 0 Å². The van der Waals surface area contributed by atoms with Crippen LogP contribution in [0.5, 0.6) is 0 Å². The van der Waals surface area contributed by atoms with E-state index in [9.17, 15) is 0 Å². The second kappa shape index (κ2) is 2.81. The smallest absolute Gasteiger partial charge is 0.111 e. The Morgan fingerprint density at radius 2 is 2.00 bits per heavy atom. The molecule has 3 nitrogen and oxygen atoms in total. The predicted molar refractivity (Wildman–Crippen MR) is 44.4 cm³/mol. The fraction of sp³-hybridized carbons (Fsp3) is 0.500. The molecule has 0 unspecified atom stereocenters. The largest absolute Gasteiger partial charge is 0.207 e. The van der Waals surface area contributed by atoms with Crippen molar-refractivity contribution in [2.45, 2.75) is 20.8 Å². The fourth-order valence-electron chi connectivity index (χ4n) is 0.636. The molecule has 0 atom stereocenters. The van der Waals surface area contributed by atoms with Crippen LogP contribution < -0.4 is 0 Å². The van der Waals surface area contributed by atoms with Crippen molar-refractivity contribution in [1.82, 2.24) is 0 Å². The standard InChI is InChI=1S/C8H11N3/c1-8(2,3)7-6-11-10-5-4-9-7/h5-6H,1-3H3. The summed E-state index contributed by atoms with van der Waals surface area (Å²) >= 11 is 0. The first-order chi connectivity index (χ1) is 5.11. The minimum atomic E-state index is 0.0181. The monoisotopic (exact) mass is 149 g/mol. The van der Waals surface area contributed by atoms with Crippen molar-refractivity contribution in [3.8, 4) is 0 Å². The summed E-state index contributed by atoms with van der Waals surface area (Å²) in [7, 11) is 0. The van der Waals surface area contributed by atoms with Crippen molar-refractivity contribution in [3.05, 3.63) is 18.1 Å².